The van der Waals surface area contributed by atoms with E-state index in [4.69, 9.17) is 0 Å². The molecule has 0 saturated carbocycles. The molecule has 3 rings (SSSR count). The average Bonchev–Trinajstić information content (AvgIpc) is 3.13. The fourth-order valence-corrected chi connectivity index (χ4v) is 3.79. The molecule has 1 N–H and O–H groups in total. The van der Waals surface area contributed by atoms with E-state index < -0.39 is 5.60 Å². The molecule has 2 heterocycles. The highest BCUT2D eigenvalue weighted by molar-refractivity contribution is 5.94. The van der Waals surface area contributed by atoms with Crippen molar-refractivity contribution in [3.63, 3.8) is 0 Å². The molecule has 1 amide bonds. The van der Waals surface area contributed by atoms with Gasteiger partial charge in [-0.3, -0.25) is 4.79 Å². The summed E-state index contributed by atoms with van der Waals surface area (Å²) in [6.45, 7) is 8.69. The minimum atomic E-state index is -1.03. The minimum absolute atomic E-state index is 0.0940. The maximum absolute atomic E-state index is 12.8. The molecule has 4 nitrogen and oxygen atoms in total. The van der Waals surface area contributed by atoms with Crippen molar-refractivity contribution in [1.82, 2.24) is 9.80 Å². The van der Waals surface area contributed by atoms with Gasteiger partial charge in [0.1, 0.15) is 5.60 Å². The first-order chi connectivity index (χ1) is 12.4. The molecule has 0 aliphatic carbocycles. The van der Waals surface area contributed by atoms with Crippen LogP contribution in [0, 0.1) is 17.8 Å². The Morgan fingerprint density at radius 3 is 2.54 bits per heavy atom. The summed E-state index contributed by atoms with van der Waals surface area (Å²) in [7, 11) is 0. The number of carbonyl (C=O) groups is 1. The lowest BCUT2D eigenvalue weighted by Gasteiger charge is -2.34. The lowest BCUT2D eigenvalue weighted by Crippen LogP contribution is -2.41. The lowest BCUT2D eigenvalue weighted by atomic mass is 9.95. The lowest BCUT2D eigenvalue weighted by molar-refractivity contribution is 0.0673. The minimum Gasteiger partial charge on any atom is -0.378 e. The predicted octanol–water partition coefficient (Wildman–Crippen LogP) is 2.76. The van der Waals surface area contributed by atoms with Gasteiger partial charge in [-0.15, -0.1) is 0 Å². The van der Waals surface area contributed by atoms with Gasteiger partial charge in [-0.1, -0.05) is 17.9 Å². The van der Waals surface area contributed by atoms with E-state index in [0.717, 1.165) is 37.4 Å². The van der Waals surface area contributed by atoms with Gasteiger partial charge in [0.25, 0.3) is 5.91 Å². The van der Waals surface area contributed by atoms with Gasteiger partial charge >= 0.3 is 0 Å². The Labute approximate surface area is 157 Å². The quantitative estimate of drug-likeness (QED) is 0.849. The number of rotatable bonds is 3. The van der Waals surface area contributed by atoms with Gasteiger partial charge in [-0.2, -0.15) is 0 Å². The van der Waals surface area contributed by atoms with Gasteiger partial charge in [0, 0.05) is 30.8 Å². The highest BCUT2D eigenvalue weighted by atomic mass is 16.3. The van der Waals surface area contributed by atoms with Crippen molar-refractivity contribution in [3.8, 4) is 11.8 Å². The SMILES string of the molecule is CC(C)(O)C#Cc1cccc(C(=O)N2CCC(CN3CCCC3)CC2)c1. The molecule has 0 radical (unpaired) electrons. The average molecular weight is 354 g/mol. The number of carbonyl (C=O) groups excluding carboxylic acids is 1. The molecular weight excluding hydrogens is 324 g/mol. The van der Waals surface area contributed by atoms with Crippen molar-refractivity contribution in [2.45, 2.75) is 45.1 Å². The fraction of sp³-hybridized carbons (Fsp3) is 0.591. The molecule has 0 bridgehead atoms. The highest BCUT2D eigenvalue weighted by Gasteiger charge is 2.25. The maximum atomic E-state index is 12.8. The van der Waals surface area contributed by atoms with E-state index in [1.807, 2.05) is 29.2 Å². The Kier molecular flexibility index (Phi) is 6.01. The summed E-state index contributed by atoms with van der Waals surface area (Å²) >= 11 is 0. The summed E-state index contributed by atoms with van der Waals surface area (Å²) in [4.78, 5) is 17.4. The Balaban J connectivity index is 1.57. The van der Waals surface area contributed by atoms with Crippen LogP contribution in [0.4, 0.5) is 0 Å². The van der Waals surface area contributed by atoms with Gasteiger partial charge in [-0.25, -0.2) is 0 Å². The number of hydrogen-bond donors (Lipinski definition) is 1. The first-order valence-electron chi connectivity index (χ1n) is 9.78. The van der Waals surface area contributed by atoms with E-state index in [1.165, 1.54) is 32.5 Å². The van der Waals surface area contributed by atoms with Gasteiger partial charge < -0.3 is 14.9 Å². The second kappa shape index (κ2) is 8.24. The Hall–Kier alpha value is -1.83. The molecule has 0 aromatic heterocycles. The third-order valence-corrected chi connectivity index (χ3v) is 5.24. The van der Waals surface area contributed by atoms with E-state index in [9.17, 15) is 9.90 Å². The summed E-state index contributed by atoms with van der Waals surface area (Å²) in [5, 5.41) is 9.74. The van der Waals surface area contributed by atoms with Gasteiger partial charge in [0.05, 0.1) is 0 Å². The molecule has 2 aliphatic rings. The molecule has 1 aromatic carbocycles. The maximum Gasteiger partial charge on any atom is 0.253 e. The van der Waals surface area contributed by atoms with Gasteiger partial charge in [0.2, 0.25) is 0 Å². The van der Waals surface area contributed by atoms with E-state index >= 15 is 0 Å². The molecular formula is C22H30N2O2. The molecule has 0 atom stereocenters. The summed E-state index contributed by atoms with van der Waals surface area (Å²) in [6.07, 6.45) is 4.87. The Bertz CT molecular complexity index is 682. The van der Waals surface area contributed by atoms with Crippen molar-refractivity contribution in [1.29, 1.82) is 0 Å². The number of aliphatic hydroxyl groups is 1. The van der Waals surface area contributed by atoms with Crippen molar-refractivity contribution < 1.29 is 9.90 Å². The summed E-state index contributed by atoms with van der Waals surface area (Å²) in [5.74, 6) is 6.57. The number of amides is 1. The van der Waals surface area contributed by atoms with E-state index in [0.29, 0.717) is 5.56 Å². The van der Waals surface area contributed by atoms with Crippen molar-refractivity contribution in [2.24, 2.45) is 5.92 Å². The van der Waals surface area contributed by atoms with Crippen molar-refractivity contribution >= 4 is 5.91 Å². The van der Waals surface area contributed by atoms with Crippen LogP contribution in [0.25, 0.3) is 0 Å². The standard InChI is InChI=1S/C22H30N2O2/c1-22(2,26)11-8-18-6-5-7-20(16-18)21(25)24-14-9-19(10-15-24)17-23-12-3-4-13-23/h5-7,16,19,26H,3-4,9-10,12-15,17H2,1-2H3. The van der Waals surface area contributed by atoms with Crippen LogP contribution in [0.3, 0.4) is 0 Å². The first kappa shape index (κ1) is 18.9. The fourth-order valence-electron chi connectivity index (χ4n) is 3.79. The third-order valence-electron chi connectivity index (χ3n) is 5.24. The van der Waals surface area contributed by atoms with Crippen molar-refractivity contribution in [3.05, 3.63) is 35.4 Å². The Morgan fingerprint density at radius 1 is 1.19 bits per heavy atom. The van der Waals surface area contributed by atoms with Crippen molar-refractivity contribution in [2.75, 3.05) is 32.7 Å². The summed E-state index contributed by atoms with van der Waals surface area (Å²) < 4.78 is 0. The molecule has 1 aromatic rings. The molecule has 0 unspecified atom stereocenters. The van der Waals surface area contributed by atoms with Gasteiger partial charge in [0.15, 0.2) is 0 Å². The van der Waals surface area contributed by atoms with Crippen LogP contribution in [0.15, 0.2) is 24.3 Å². The number of hydrogen-bond acceptors (Lipinski definition) is 3. The molecule has 26 heavy (non-hydrogen) atoms. The van der Waals surface area contributed by atoms with Crippen LogP contribution < -0.4 is 0 Å². The highest BCUT2D eigenvalue weighted by Crippen LogP contribution is 2.22. The predicted molar refractivity (Wildman–Crippen MR) is 104 cm³/mol. The number of likely N-dealkylation sites (tertiary alicyclic amines) is 2. The number of piperidine rings is 1. The largest absolute Gasteiger partial charge is 0.378 e. The van der Waals surface area contributed by atoms with E-state index in [1.54, 1.807) is 13.8 Å². The smallest absolute Gasteiger partial charge is 0.253 e. The zero-order valence-corrected chi connectivity index (χ0v) is 16.0. The topological polar surface area (TPSA) is 43.8 Å². The van der Waals surface area contributed by atoms with Crippen LogP contribution >= 0.6 is 0 Å². The Morgan fingerprint density at radius 2 is 1.88 bits per heavy atom. The molecule has 2 saturated heterocycles. The number of benzene rings is 1. The van der Waals surface area contributed by atoms with Crippen LogP contribution in [0.1, 0.15) is 55.5 Å². The van der Waals surface area contributed by atoms with Gasteiger partial charge in [-0.05, 0) is 76.7 Å². The van der Waals surface area contributed by atoms with E-state index in [2.05, 4.69) is 16.7 Å². The van der Waals surface area contributed by atoms with Crippen LogP contribution in [0.2, 0.25) is 0 Å². The molecule has 0 spiro atoms. The molecule has 2 fully saturated rings. The van der Waals surface area contributed by atoms with Crippen LogP contribution in [-0.4, -0.2) is 59.1 Å². The normalized spacial score (nSPS) is 19.3. The molecule has 2 aliphatic heterocycles. The second-order valence-electron chi connectivity index (χ2n) is 8.13. The van der Waals surface area contributed by atoms with Crippen LogP contribution in [0.5, 0.6) is 0 Å². The summed E-state index contributed by atoms with van der Waals surface area (Å²) in [5.41, 5.74) is 0.421. The number of nitrogens with zero attached hydrogens (tertiary/aromatic N) is 2. The summed E-state index contributed by atoms with van der Waals surface area (Å²) in [6, 6.07) is 7.42. The van der Waals surface area contributed by atoms with Crippen LogP contribution in [-0.2, 0) is 0 Å². The molecule has 4 heteroatoms. The van der Waals surface area contributed by atoms with E-state index in [-0.39, 0.29) is 5.91 Å². The third kappa shape index (κ3) is 5.33. The first-order valence-corrected chi connectivity index (χ1v) is 9.78. The molecule has 140 valence electrons. The zero-order chi connectivity index (χ0) is 18.6. The monoisotopic (exact) mass is 354 g/mol. The second-order valence-corrected chi connectivity index (χ2v) is 8.13. The zero-order valence-electron chi connectivity index (χ0n) is 16.0.